The molecule has 0 radical (unpaired) electrons. The molecule has 0 atom stereocenters. The van der Waals surface area contributed by atoms with Crippen molar-refractivity contribution in [1.29, 1.82) is 0 Å². The second-order valence-electron chi connectivity index (χ2n) is 3.34. The maximum absolute atomic E-state index is 11.3. The average Bonchev–Trinajstić information content (AvgIpc) is 2.55. The zero-order valence-corrected chi connectivity index (χ0v) is 9.25. The fraction of sp³-hybridized carbons (Fsp3) is 0.300. The van der Waals surface area contributed by atoms with E-state index in [1.54, 1.807) is 10.6 Å². The Morgan fingerprint density at radius 1 is 1.60 bits per heavy atom. The van der Waals surface area contributed by atoms with Gasteiger partial charge in [0.05, 0.1) is 5.69 Å². The Morgan fingerprint density at radius 2 is 2.33 bits per heavy atom. The first-order valence-electron chi connectivity index (χ1n) is 4.67. The number of carbonyl (C=O) groups excluding carboxylic acids is 1. The van der Waals surface area contributed by atoms with Crippen LogP contribution in [-0.2, 0) is 6.42 Å². The van der Waals surface area contributed by atoms with Crippen molar-refractivity contribution < 1.29 is 4.79 Å². The summed E-state index contributed by atoms with van der Waals surface area (Å²) in [5.41, 5.74) is 2.07. The maximum Gasteiger partial charge on any atom is 0.271 e. The molecule has 0 fully saturated rings. The molecular formula is C10H10ClN3O. The minimum Gasteiger partial charge on any atom is -0.279 e. The standard InChI is InChI=1S/C10H10ClN3O/c1-3-7-8(9(11)15)14-5-6(2)4-12-10(14)13-7/h4-5H,3H2,1-2H3. The molecule has 0 saturated carbocycles. The summed E-state index contributed by atoms with van der Waals surface area (Å²) in [5.74, 6) is 0.515. The zero-order valence-electron chi connectivity index (χ0n) is 8.49. The lowest BCUT2D eigenvalue weighted by molar-refractivity contribution is 0.107. The number of carbonyl (C=O) groups is 1. The molecule has 0 aliphatic carbocycles. The molecule has 2 aromatic heterocycles. The van der Waals surface area contributed by atoms with Gasteiger partial charge < -0.3 is 0 Å². The number of rotatable bonds is 2. The predicted octanol–water partition coefficient (Wildman–Crippen LogP) is 1.98. The van der Waals surface area contributed by atoms with E-state index in [1.165, 1.54) is 0 Å². The zero-order chi connectivity index (χ0) is 11.0. The number of imidazole rings is 1. The number of aryl methyl sites for hydroxylation is 2. The molecule has 78 valence electrons. The Labute approximate surface area is 91.9 Å². The average molecular weight is 224 g/mol. The van der Waals surface area contributed by atoms with Crippen LogP contribution in [0.4, 0.5) is 0 Å². The van der Waals surface area contributed by atoms with Gasteiger partial charge in [0, 0.05) is 12.4 Å². The van der Waals surface area contributed by atoms with E-state index < -0.39 is 5.24 Å². The highest BCUT2D eigenvalue weighted by molar-refractivity contribution is 6.67. The molecule has 0 aromatic carbocycles. The van der Waals surface area contributed by atoms with E-state index in [2.05, 4.69) is 9.97 Å². The Kier molecular flexibility index (Phi) is 2.44. The summed E-state index contributed by atoms with van der Waals surface area (Å²) >= 11 is 5.53. The number of hydrogen-bond acceptors (Lipinski definition) is 3. The second kappa shape index (κ2) is 3.62. The normalized spacial score (nSPS) is 10.9. The van der Waals surface area contributed by atoms with Gasteiger partial charge in [-0.25, -0.2) is 9.97 Å². The summed E-state index contributed by atoms with van der Waals surface area (Å²) in [7, 11) is 0. The molecule has 0 saturated heterocycles. The van der Waals surface area contributed by atoms with Crippen LogP contribution in [0.5, 0.6) is 0 Å². The van der Waals surface area contributed by atoms with Gasteiger partial charge in [-0.2, -0.15) is 0 Å². The van der Waals surface area contributed by atoms with Crippen molar-refractivity contribution in [2.45, 2.75) is 20.3 Å². The molecule has 0 bridgehead atoms. The third-order valence-electron chi connectivity index (χ3n) is 2.20. The van der Waals surface area contributed by atoms with Crippen LogP contribution in [0.2, 0.25) is 0 Å². The Balaban J connectivity index is 2.82. The van der Waals surface area contributed by atoms with Gasteiger partial charge in [-0.1, -0.05) is 6.92 Å². The molecular weight excluding hydrogens is 214 g/mol. The molecule has 0 spiro atoms. The summed E-state index contributed by atoms with van der Waals surface area (Å²) in [4.78, 5) is 19.7. The lowest BCUT2D eigenvalue weighted by atomic mass is 10.3. The summed E-state index contributed by atoms with van der Waals surface area (Å²) in [5, 5.41) is -0.494. The predicted molar refractivity (Wildman–Crippen MR) is 57.3 cm³/mol. The summed E-state index contributed by atoms with van der Waals surface area (Å²) in [6, 6.07) is 0. The Bertz CT molecular complexity index is 533. The van der Waals surface area contributed by atoms with Gasteiger partial charge >= 0.3 is 0 Å². The third kappa shape index (κ3) is 1.61. The molecule has 0 aliphatic heterocycles. The van der Waals surface area contributed by atoms with Gasteiger partial charge in [-0.3, -0.25) is 9.20 Å². The van der Waals surface area contributed by atoms with Crippen LogP contribution < -0.4 is 0 Å². The number of fused-ring (bicyclic) bond motifs is 1. The number of halogens is 1. The fourth-order valence-corrected chi connectivity index (χ4v) is 1.73. The summed E-state index contributed by atoms with van der Waals surface area (Å²) in [6.07, 6.45) is 4.19. The molecule has 5 heteroatoms. The minimum atomic E-state index is -0.494. The van der Waals surface area contributed by atoms with Crippen molar-refractivity contribution in [3.63, 3.8) is 0 Å². The lowest BCUT2D eigenvalue weighted by Crippen LogP contribution is -2.00. The largest absolute Gasteiger partial charge is 0.279 e. The third-order valence-corrected chi connectivity index (χ3v) is 2.38. The van der Waals surface area contributed by atoms with Crippen molar-refractivity contribution in [2.75, 3.05) is 0 Å². The van der Waals surface area contributed by atoms with E-state index in [0.717, 1.165) is 5.56 Å². The maximum atomic E-state index is 11.3. The van der Waals surface area contributed by atoms with Gasteiger partial charge in [0.2, 0.25) is 5.78 Å². The Morgan fingerprint density at radius 3 is 2.93 bits per heavy atom. The van der Waals surface area contributed by atoms with Gasteiger partial charge in [0.15, 0.2) is 0 Å². The van der Waals surface area contributed by atoms with Gasteiger partial charge in [-0.15, -0.1) is 0 Å². The SMILES string of the molecule is CCc1nc2ncc(C)cn2c1C(=O)Cl. The van der Waals surface area contributed by atoms with E-state index in [9.17, 15) is 4.79 Å². The molecule has 0 amide bonds. The van der Waals surface area contributed by atoms with Crippen LogP contribution >= 0.6 is 11.6 Å². The minimum absolute atomic E-state index is 0.422. The Hall–Kier alpha value is -1.42. The summed E-state index contributed by atoms with van der Waals surface area (Å²) < 4.78 is 1.64. The van der Waals surface area contributed by atoms with Crippen LogP contribution in [0.3, 0.4) is 0 Å². The quantitative estimate of drug-likeness (QED) is 0.732. The van der Waals surface area contributed by atoms with Crippen LogP contribution in [0.15, 0.2) is 12.4 Å². The molecule has 0 N–H and O–H groups in total. The molecule has 2 aromatic rings. The number of hydrogen-bond donors (Lipinski definition) is 0. The van der Waals surface area contributed by atoms with Crippen molar-refractivity contribution in [3.8, 4) is 0 Å². The monoisotopic (exact) mass is 223 g/mol. The summed E-state index contributed by atoms with van der Waals surface area (Å²) in [6.45, 7) is 3.83. The van der Waals surface area contributed by atoms with Crippen LogP contribution in [0, 0.1) is 6.92 Å². The van der Waals surface area contributed by atoms with E-state index in [4.69, 9.17) is 11.6 Å². The van der Waals surface area contributed by atoms with E-state index in [1.807, 2.05) is 20.0 Å². The topological polar surface area (TPSA) is 47.3 Å². The van der Waals surface area contributed by atoms with Crippen molar-refractivity contribution in [1.82, 2.24) is 14.4 Å². The molecule has 0 unspecified atom stereocenters. The first-order chi connectivity index (χ1) is 7.13. The van der Waals surface area contributed by atoms with Crippen molar-refractivity contribution >= 4 is 22.6 Å². The highest BCUT2D eigenvalue weighted by atomic mass is 35.5. The smallest absolute Gasteiger partial charge is 0.271 e. The number of nitrogens with zero attached hydrogens (tertiary/aromatic N) is 3. The lowest BCUT2D eigenvalue weighted by Gasteiger charge is -1.98. The van der Waals surface area contributed by atoms with Gasteiger partial charge in [-0.05, 0) is 30.5 Å². The highest BCUT2D eigenvalue weighted by Crippen LogP contribution is 2.14. The van der Waals surface area contributed by atoms with E-state index in [-0.39, 0.29) is 0 Å². The van der Waals surface area contributed by atoms with Crippen LogP contribution in [0.25, 0.3) is 5.78 Å². The van der Waals surface area contributed by atoms with Gasteiger partial charge in [0.25, 0.3) is 5.24 Å². The van der Waals surface area contributed by atoms with Gasteiger partial charge in [0.1, 0.15) is 5.69 Å². The molecule has 4 nitrogen and oxygen atoms in total. The first kappa shape index (κ1) is 10.1. The van der Waals surface area contributed by atoms with E-state index in [0.29, 0.717) is 23.6 Å². The van der Waals surface area contributed by atoms with E-state index >= 15 is 0 Å². The fourth-order valence-electron chi connectivity index (χ4n) is 1.53. The highest BCUT2D eigenvalue weighted by Gasteiger charge is 2.16. The second-order valence-corrected chi connectivity index (χ2v) is 3.68. The molecule has 2 rings (SSSR count). The number of aromatic nitrogens is 3. The molecule has 2 heterocycles. The first-order valence-corrected chi connectivity index (χ1v) is 5.04. The molecule has 0 aliphatic rings. The molecule has 15 heavy (non-hydrogen) atoms. The van der Waals surface area contributed by atoms with Crippen LogP contribution in [-0.4, -0.2) is 19.6 Å². The van der Waals surface area contributed by atoms with Crippen molar-refractivity contribution in [2.24, 2.45) is 0 Å². The van der Waals surface area contributed by atoms with Crippen LogP contribution in [0.1, 0.15) is 28.7 Å². The van der Waals surface area contributed by atoms with Crippen molar-refractivity contribution in [3.05, 3.63) is 29.3 Å².